The van der Waals surface area contributed by atoms with Gasteiger partial charge >= 0.3 is 0 Å². The lowest BCUT2D eigenvalue weighted by molar-refractivity contribution is 0.302. The molecule has 1 aromatic carbocycles. The molecule has 0 heterocycles. The van der Waals surface area contributed by atoms with Gasteiger partial charge in [-0.2, -0.15) is 8.42 Å². The molecule has 0 aliphatic rings. The van der Waals surface area contributed by atoms with E-state index < -0.39 is 10.1 Å². The largest absolute Gasteiger partial charge is 0.493 e. The molecule has 0 atom stereocenters. The fraction of sp³-hybridized carbons (Fsp3) is 0.778. The molecule has 0 spiro atoms. The summed E-state index contributed by atoms with van der Waals surface area (Å²) in [5, 5.41) is 0. The quantitative estimate of drug-likeness (QED) is 0.145. The van der Waals surface area contributed by atoms with Crippen molar-refractivity contribution in [1.82, 2.24) is 0 Å². The maximum atomic E-state index is 11.2. The first-order valence-electron chi connectivity index (χ1n) is 13.2. The molecule has 1 rings (SSSR count). The SMILES string of the molecule is CCCCCCCCCCCCCCCCCCCCOc1ccc(S(=O)(=O)O)cc1C. The highest BCUT2D eigenvalue weighted by molar-refractivity contribution is 7.85. The van der Waals surface area contributed by atoms with E-state index in [2.05, 4.69) is 6.92 Å². The lowest BCUT2D eigenvalue weighted by Crippen LogP contribution is -2.02. The molecule has 0 aliphatic carbocycles. The molecular weight excluding hydrogens is 420 g/mol. The van der Waals surface area contributed by atoms with Crippen LogP contribution < -0.4 is 4.74 Å². The summed E-state index contributed by atoms with van der Waals surface area (Å²) in [4.78, 5) is -0.0875. The minimum absolute atomic E-state index is 0.0875. The van der Waals surface area contributed by atoms with E-state index in [9.17, 15) is 8.42 Å². The lowest BCUT2D eigenvalue weighted by atomic mass is 10.0. The highest BCUT2D eigenvalue weighted by Gasteiger charge is 2.11. The van der Waals surface area contributed by atoms with Gasteiger partial charge in [-0.25, -0.2) is 0 Å². The predicted molar refractivity (Wildman–Crippen MR) is 135 cm³/mol. The molecule has 0 saturated heterocycles. The highest BCUT2D eigenvalue weighted by Crippen LogP contribution is 2.22. The maximum Gasteiger partial charge on any atom is 0.294 e. The van der Waals surface area contributed by atoms with Gasteiger partial charge in [0.05, 0.1) is 11.5 Å². The number of hydrogen-bond donors (Lipinski definition) is 1. The van der Waals surface area contributed by atoms with Gasteiger partial charge in [-0.3, -0.25) is 4.55 Å². The second kappa shape index (κ2) is 18.4. The Bertz CT molecular complexity index is 685. The summed E-state index contributed by atoms with van der Waals surface area (Å²) in [5.41, 5.74) is 0.725. The Morgan fingerprint density at radius 1 is 0.688 bits per heavy atom. The van der Waals surface area contributed by atoms with Gasteiger partial charge in [0.15, 0.2) is 0 Å². The Morgan fingerprint density at radius 3 is 1.47 bits per heavy atom. The topological polar surface area (TPSA) is 63.6 Å². The van der Waals surface area contributed by atoms with Crippen molar-refractivity contribution in [2.45, 2.75) is 134 Å². The zero-order valence-corrected chi connectivity index (χ0v) is 21.6. The Hall–Kier alpha value is -1.07. The molecular formula is C27H48O4S. The van der Waals surface area contributed by atoms with Crippen molar-refractivity contribution in [3.05, 3.63) is 23.8 Å². The van der Waals surface area contributed by atoms with Gasteiger partial charge in [0.1, 0.15) is 5.75 Å². The van der Waals surface area contributed by atoms with E-state index in [0.717, 1.165) is 12.0 Å². The fourth-order valence-corrected chi connectivity index (χ4v) is 4.70. The van der Waals surface area contributed by atoms with Crippen molar-refractivity contribution in [1.29, 1.82) is 0 Å². The average Bonchev–Trinajstić information content (AvgIpc) is 2.75. The third kappa shape index (κ3) is 14.9. The van der Waals surface area contributed by atoms with E-state index in [0.29, 0.717) is 12.4 Å². The molecule has 0 fully saturated rings. The van der Waals surface area contributed by atoms with Gasteiger partial charge in [0.25, 0.3) is 10.1 Å². The Labute approximate surface area is 198 Å². The predicted octanol–water partition coefficient (Wildman–Crippen LogP) is 8.66. The first-order chi connectivity index (χ1) is 15.4. The van der Waals surface area contributed by atoms with Gasteiger partial charge in [-0.05, 0) is 37.1 Å². The van der Waals surface area contributed by atoms with E-state index in [1.165, 1.54) is 121 Å². The minimum atomic E-state index is -4.15. The fourth-order valence-electron chi connectivity index (χ4n) is 4.13. The molecule has 0 aromatic heterocycles. The molecule has 32 heavy (non-hydrogen) atoms. The summed E-state index contributed by atoms with van der Waals surface area (Å²) in [5.74, 6) is 0.685. The summed E-state index contributed by atoms with van der Waals surface area (Å²) in [6.07, 6.45) is 24.4. The maximum absolute atomic E-state index is 11.2. The summed E-state index contributed by atoms with van der Waals surface area (Å²) in [7, 11) is -4.15. The van der Waals surface area contributed by atoms with Gasteiger partial charge < -0.3 is 4.74 Å². The lowest BCUT2D eigenvalue weighted by Gasteiger charge is -2.10. The third-order valence-corrected chi connectivity index (χ3v) is 7.05. The van der Waals surface area contributed by atoms with Crippen LogP contribution in [-0.4, -0.2) is 19.6 Å². The van der Waals surface area contributed by atoms with Crippen molar-refractivity contribution in [3.8, 4) is 5.75 Å². The van der Waals surface area contributed by atoms with Crippen LogP contribution in [0, 0.1) is 6.92 Å². The summed E-state index contributed by atoms with van der Waals surface area (Å²) in [6, 6.07) is 4.45. The van der Waals surface area contributed by atoms with Gasteiger partial charge in [-0.15, -0.1) is 0 Å². The first-order valence-corrected chi connectivity index (χ1v) is 14.6. The Morgan fingerprint density at radius 2 is 1.09 bits per heavy atom. The standard InChI is InChI=1S/C27H48O4S/c1-3-4-5-6-7-8-9-10-11-12-13-14-15-16-17-18-19-20-23-31-27-22-21-26(24-25(27)2)32(28,29)30/h21-22,24H,3-20,23H2,1-2H3,(H,28,29,30). The molecule has 5 heteroatoms. The molecule has 0 saturated carbocycles. The van der Waals surface area contributed by atoms with Crippen LogP contribution >= 0.6 is 0 Å². The van der Waals surface area contributed by atoms with Gasteiger partial charge in [-0.1, -0.05) is 116 Å². The molecule has 1 N–H and O–H groups in total. The molecule has 0 radical (unpaired) electrons. The summed E-state index contributed by atoms with van der Waals surface area (Å²) < 4.78 is 37.1. The molecule has 4 nitrogen and oxygen atoms in total. The van der Waals surface area contributed by atoms with E-state index in [-0.39, 0.29) is 4.90 Å². The Balaban J connectivity index is 1.86. The molecule has 186 valence electrons. The summed E-state index contributed by atoms with van der Waals surface area (Å²) in [6.45, 7) is 4.71. The van der Waals surface area contributed by atoms with Crippen LogP contribution in [0.5, 0.6) is 5.75 Å². The summed E-state index contributed by atoms with van der Waals surface area (Å²) >= 11 is 0. The molecule has 0 unspecified atom stereocenters. The van der Waals surface area contributed by atoms with Crippen LogP contribution in [0.1, 0.15) is 128 Å². The number of unbranched alkanes of at least 4 members (excludes halogenated alkanes) is 17. The average molecular weight is 469 g/mol. The van der Waals surface area contributed by atoms with Crippen molar-refractivity contribution in [2.75, 3.05) is 6.61 Å². The number of benzene rings is 1. The van der Waals surface area contributed by atoms with Crippen LogP contribution in [0.25, 0.3) is 0 Å². The second-order valence-electron chi connectivity index (χ2n) is 9.26. The number of ether oxygens (including phenoxy) is 1. The van der Waals surface area contributed by atoms with Crippen LogP contribution in [0.3, 0.4) is 0 Å². The third-order valence-electron chi connectivity index (χ3n) is 6.20. The molecule has 0 aliphatic heterocycles. The second-order valence-corrected chi connectivity index (χ2v) is 10.7. The van der Waals surface area contributed by atoms with E-state index in [1.54, 1.807) is 13.0 Å². The van der Waals surface area contributed by atoms with Crippen LogP contribution in [-0.2, 0) is 10.1 Å². The number of aryl methyl sites for hydroxylation is 1. The van der Waals surface area contributed by atoms with Crippen LogP contribution in [0.15, 0.2) is 23.1 Å². The van der Waals surface area contributed by atoms with Crippen LogP contribution in [0.4, 0.5) is 0 Å². The van der Waals surface area contributed by atoms with Crippen molar-refractivity contribution in [3.63, 3.8) is 0 Å². The number of hydrogen-bond acceptors (Lipinski definition) is 3. The van der Waals surface area contributed by atoms with Gasteiger partial charge in [0, 0.05) is 0 Å². The molecule has 0 amide bonds. The van der Waals surface area contributed by atoms with Crippen molar-refractivity contribution in [2.24, 2.45) is 0 Å². The van der Waals surface area contributed by atoms with E-state index in [1.807, 2.05) is 0 Å². The highest BCUT2D eigenvalue weighted by atomic mass is 32.2. The minimum Gasteiger partial charge on any atom is -0.493 e. The molecule has 0 bridgehead atoms. The monoisotopic (exact) mass is 468 g/mol. The molecule has 1 aromatic rings. The Kier molecular flexibility index (Phi) is 16.6. The normalized spacial score (nSPS) is 11.7. The van der Waals surface area contributed by atoms with Crippen molar-refractivity contribution < 1.29 is 17.7 Å². The first kappa shape index (κ1) is 29.0. The number of rotatable bonds is 21. The smallest absolute Gasteiger partial charge is 0.294 e. The van der Waals surface area contributed by atoms with E-state index >= 15 is 0 Å². The van der Waals surface area contributed by atoms with Gasteiger partial charge in [0.2, 0.25) is 0 Å². The van der Waals surface area contributed by atoms with E-state index in [4.69, 9.17) is 9.29 Å². The van der Waals surface area contributed by atoms with Crippen molar-refractivity contribution >= 4 is 10.1 Å². The zero-order chi connectivity index (χ0) is 23.5. The zero-order valence-electron chi connectivity index (χ0n) is 20.7. The van der Waals surface area contributed by atoms with Crippen LogP contribution in [0.2, 0.25) is 0 Å².